The predicted molar refractivity (Wildman–Crippen MR) is 141 cm³/mol. The van der Waals surface area contributed by atoms with E-state index in [0.29, 0.717) is 43.2 Å². The molecule has 5 heterocycles. The number of ether oxygens (including phenoxy) is 3. The van der Waals surface area contributed by atoms with E-state index in [1.807, 2.05) is 24.1 Å². The maximum absolute atomic E-state index is 13.6. The number of halogens is 3. The fraction of sp³-hybridized carbons (Fsp3) is 0.577. The molecule has 12 nitrogen and oxygen atoms in total. The molecule has 3 aliphatic rings. The second-order valence-corrected chi connectivity index (χ2v) is 10.7. The van der Waals surface area contributed by atoms with E-state index in [4.69, 9.17) is 14.2 Å². The summed E-state index contributed by atoms with van der Waals surface area (Å²) >= 11 is 0. The maximum Gasteiger partial charge on any atom is 0.408 e. The van der Waals surface area contributed by atoms with Crippen molar-refractivity contribution in [2.24, 2.45) is 0 Å². The third kappa shape index (κ3) is 6.30. The highest BCUT2D eigenvalue weighted by molar-refractivity contribution is 6.04. The molecule has 2 N–H and O–H groups in total. The fourth-order valence-corrected chi connectivity index (χ4v) is 5.08. The summed E-state index contributed by atoms with van der Waals surface area (Å²) in [7, 11) is 0. The summed E-state index contributed by atoms with van der Waals surface area (Å²) in [5.74, 6) is -1.28. The summed E-state index contributed by atoms with van der Waals surface area (Å²) in [5.41, 5.74) is 0.951. The van der Waals surface area contributed by atoms with Gasteiger partial charge in [0.25, 0.3) is 5.91 Å². The van der Waals surface area contributed by atoms with Crippen molar-refractivity contribution in [3.05, 3.63) is 29.8 Å². The molecule has 0 radical (unpaired) electrons. The Labute approximate surface area is 234 Å². The predicted octanol–water partition coefficient (Wildman–Crippen LogP) is 3.41. The Morgan fingerprint density at radius 3 is 2.71 bits per heavy atom. The van der Waals surface area contributed by atoms with Crippen molar-refractivity contribution in [2.75, 3.05) is 41.4 Å². The van der Waals surface area contributed by atoms with Gasteiger partial charge in [0.2, 0.25) is 5.82 Å². The van der Waals surface area contributed by atoms with Crippen LogP contribution < -0.4 is 25.2 Å². The van der Waals surface area contributed by atoms with Crippen LogP contribution in [0.25, 0.3) is 0 Å². The average Bonchev–Trinajstić information content (AvgIpc) is 3.25. The number of fused-ring (bicyclic) bond motifs is 4. The molecule has 0 saturated carbocycles. The van der Waals surface area contributed by atoms with Gasteiger partial charge in [-0.1, -0.05) is 0 Å². The first-order chi connectivity index (χ1) is 19.3. The number of rotatable bonds is 6. The number of piperidine rings is 1. The number of alkyl halides is 3. The molecule has 41 heavy (non-hydrogen) atoms. The summed E-state index contributed by atoms with van der Waals surface area (Å²) in [5, 5.41) is 4.64. The number of hydrogen-bond donors (Lipinski definition) is 2. The van der Waals surface area contributed by atoms with E-state index >= 15 is 0 Å². The first-order valence-electron chi connectivity index (χ1n) is 13.3. The SMILES string of the molecule is Cc1nc(C(=O)NC(C)C(F)(F)F)nc2c1N1CCC[C@@H](C1)N2C(=O)Nc1ccc(OC[C@@H]2COC(C)(C)O2)cn1. The van der Waals surface area contributed by atoms with Gasteiger partial charge in [-0.15, -0.1) is 0 Å². The van der Waals surface area contributed by atoms with Gasteiger partial charge in [-0.25, -0.2) is 19.7 Å². The topological polar surface area (TPSA) is 131 Å². The number of aromatic nitrogens is 3. The van der Waals surface area contributed by atoms with Crippen molar-refractivity contribution >= 4 is 29.3 Å². The lowest BCUT2D eigenvalue weighted by Gasteiger charge is -2.46. The second-order valence-electron chi connectivity index (χ2n) is 10.7. The summed E-state index contributed by atoms with van der Waals surface area (Å²) in [6.45, 7) is 8.06. The Balaban J connectivity index is 1.32. The van der Waals surface area contributed by atoms with Gasteiger partial charge in [-0.3, -0.25) is 15.0 Å². The molecular weight excluding hydrogens is 547 g/mol. The highest BCUT2D eigenvalue weighted by atomic mass is 19.4. The Kier molecular flexibility index (Phi) is 7.68. The van der Waals surface area contributed by atoms with Crippen LogP contribution in [0.3, 0.4) is 0 Å². The number of carbonyl (C=O) groups is 2. The number of nitrogens with one attached hydrogen (secondary N) is 2. The second kappa shape index (κ2) is 10.9. The first-order valence-corrected chi connectivity index (χ1v) is 13.3. The Hall–Kier alpha value is -3.72. The van der Waals surface area contributed by atoms with Crippen LogP contribution in [0.5, 0.6) is 5.75 Å². The Morgan fingerprint density at radius 2 is 2.05 bits per heavy atom. The minimum atomic E-state index is -4.63. The third-order valence-electron chi connectivity index (χ3n) is 7.08. The number of amides is 3. The van der Waals surface area contributed by atoms with E-state index in [2.05, 4.69) is 20.3 Å². The van der Waals surface area contributed by atoms with Crippen molar-refractivity contribution in [1.29, 1.82) is 0 Å². The zero-order chi connectivity index (χ0) is 29.5. The van der Waals surface area contributed by atoms with Crippen molar-refractivity contribution in [2.45, 2.75) is 70.7 Å². The number of carbonyl (C=O) groups excluding carboxylic acids is 2. The van der Waals surface area contributed by atoms with E-state index in [0.717, 1.165) is 13.3 Å². The van der Waals surface area contributed by atoms with Crippen molar-refractivity contribution in [1.82, 2.24) is 20.3 Å². The molecular formula is C26H32F3N7O5. The van der Waals surface area contributed by atoms with Gasteiger partial charge in [0, 0.05) is 13.1 Å². The number of hydrogen-bond acceptors (Lipinski definition) is 9. The minimum absolute atomic E-state index is 0.164. The molecule has 3 atom stereocenters. The standard InChI is InChI=1S/C26H32F3N7O5/c1-14-20-22(34-21(31-14)23(37)32-15(2)26(27,28)29)36(16-6-5-9-35(20)11-16)24(38)33-19-8-7-17(10-30-19)39-12-18-13-40-25(3,4)41-18/h7-8,10,15-16,18H,5-6,9,11-13H2,1-4H3,(H,32,37)(H,30,33,38)/t15?,16-,18+/m0/s1. The monoisotopic (exact) mass is 579 g/mol. The molecule has 0 spiro atoms. The normalized spacial score (nSPS) is 22.1. The molecule has 2 bridgehead atoms. The molecule has 222 valence electrons. The van der Waals surface area contributed by atoms with Crippen LogP contribution in [-0.2, 0) is 9.47 Å². The van der Waals surface area contributed by atoms with Crippen LogP contribution >= 0.6 is 0 Å². The molecule has 0 aromatic carbocycles. The van der Waals surface area contributed by atoms with Gasteiger partial charge in [-0.05, 0) is 52.7 Å². The molecule has 2 aromatic rings. The zero-order valence-electron chi connectivity index (χ0n) is 23.1. The van der Waals surface area contributed by atoms with Crippen molar-refractivity contribution in [3.8, 4) is 5.75 Å². The lowest BCUT2D eigenvalue weighted by molar-refractivity contribution is -0.149. The highest BCUT2D eigenvalue weighted by Gasteiger charge is 2.41. The lowest BCUT2D eigenvalue weighted by Crippen LogP contribution is -2.56. The van der Waals surface area contributed by atoms with Gasteiger partial charge < -0.3 is 24.4 Å². The summed E-state index contributed by atoms with van der Waals surface area (Å²) in [6, 6.07) is 0.347. The molecule has 0 aliphatic carbocycles. The smallest absolute Gasteiger partial charge is 0.408 e. The van der Waals surface area contributed by atoms with Crippen LogP contribution in [0.15, 0.2) is 18.3 Å². The molecule has 3 aliphatic heterocycles. The molecule has 15 heteroatoms. The van der Waals surface area contributed by atoms with Crippen LogP contribution in [0, 0.1) is 6.92 Å². The maximum atomic E-state index is 13.6. The van der Waals surface area contributed by atoms with Gasteiger partial charge in [0.15, 0.2) is 11.6 Å². The Morgan fingerprint density at radius 1 is 1.27 bits per heavy atom. The quantitative estimate of drug-likeness (QED) is 0.529. The lowest BCUT2D eigenvalue weighted by atomic mass is 9.99. The van der Waals surface area contributed by atoms with E-state index in [9.17, 15) is 22.8 Å². The van der Waals surface area contributed by atoms with Crippen molar-refractivity contribution in [3.63, 3.8) is 0 Å². The number of urea groups is 1. The number of aryl methyl sites for hydroxylation is 1. The van der Waals surface area contributed by atoms with Crippen LogP contribution in [-0.4, -0.2) is 83.3 Å². The van der Waals surface area contributed by atoms with Gasteiger partial charge in [-0.2, -0.15) is 13.2 Å². The molecule has 5 rings (SSSR count). The summed E-state index contributed by atoms with van der Waals surface area (Å²) < 4.78 is 56.1. The van der Waals surface area contributed by atoms with E-state index in [-0.39, 0.29) is 30.4 Å². The van der Waals surface area contributed by atoms with Gasteiger partial charge >= 0.3 is 12.2 Å². The van der Waals surface area contributed by atoms with E-state index < -0.39 is 35.8 Å². The number of pyridine rings is 1. The van der Waals surface area contributed by atoms with Gasteiger partial charge in [0.1, 0.15) is 36.0 Å². The van der Waals surface area contributed by atoms with E-state index in [1.165, 1.54) is 11.1 Å². The van der Waals surface area contributed by atoms with Gasteiger partial charge in [0.05, 0.1) is 24.5 Å². The van der Waals surface area contributed by atoms with Crippen LogP contribution in [0.1, 0.15) is 49.9 Å². The van der Waals surface area contributed by atoms with Crippen LogP contribution in [0.2, 0.25) is 0 Å². The minimum Gasteiger partial charge on any atom is -0.489 e. The number of nitrogens with zero attached hydrogens (tertiary/aromatic N) is 5. The highest BCUT2D eigenvalue weighted by Crippen LogP contribution is 2.40. The average molecular weight is 580 g/mol. The molecule has 1 unspecified atom stereocenters. The van der Waals surface area contributed by atoms with Crippen molar-refractivity contribution < 1.29 is 37.0 Å². The largest absolute Gasteiger partial charge is 0.489 e. The fourth-order valence-electron chi connectivity index (χ4n) is 5.08. The molecule has 3 amide bonds. The molecule has 2 saturated heterocycles. The Bertz CT molecular complexity index is 1310. The summed E-state index contributed by atoms with van der Waals surface area (Å²) in [6.07, 6.45) is -1.87. The van der Waals surface area contributed by atoms with E-state index in [1.54, 1.807) is 19.1 Å². The first kappa shape index (κ1) is 28.8. The third-order valence-corrected chi connectivity index (χ3v) is 7.08. The van der Waals surface area contributed by atoms with Crippen LogP contribution in [0.4, 0.5) is 35.3 Å². The molecule has 2 aromatic heterocycles. The molecule has 2 fully saturated rings. The number of anilines is 3. The zero-order valence-corrected chi connectivity index (χ0v) is 23.1. The summed E-state index contributed by atoms with van der Waals surface area (Å²) in [4.78, 5) is 42.4.